The molecule has 34 heavy (non-hydrogen) atoms. The van der Waals surface area contributed by atoms with E-state index in [1.165, 1.54) is 16.9 Å². The van der Waals surface area contributed by atoms with Gasteiger partial charge in [-0.15, -0.1) is 11.3 Å². The number of thiophene rings is 1. The van der Waals surface area contributed by atoms with Crippen molar-refractivity contribution in [3.63, 3.8) is 0 Å². The average Bonchev–Trinajstić information content (AvgIpc) is 3.35. The van der Waals surface area contributed by atoms with Crippen molar-refractivity contribution in [2.24, 2.45) is 4.99 Å². The number of rotatable bonds is 7. The van der Waals surface area contributed by atoms with Crippen LogP contribution in [-0.4, -0.2) is 17.1 Å². The molecule has 0 bridgehead atoms. The maximum atomic E-state index is 13.7. The maximum Gasteiger partial charge on any atom is 0.338 e. The van der Waals surface area contributed by atoms with Gasteiger partial charge in [-0.2, -0.15) is 0 Å². The molecule has 1 aromatic carbocycles. The number of ether oxygens (including phenoxy) is 1. The molecule has 178 valence electrons. The summed E-state index contributed by atoms with van der Waals surface area (Å²) in [6, 6.07) is 11.5. The highest BCUT2D eigenvalue weighted by Gasteiger charge is 2.34. The van der Waals surface area contributed by atoms with E-state index < -0.39 is 12.0 Å². The van der Waals surface area contributed by atoms with Crippen molar-refractivity contribution in [2.45, 2.75) is 52.5 Å². The van der Waals surface area contributed by atoms with Crippen LogP contribution in [0.4, 0.5) is 0 Å². The fourth-order valence-corrected chi connectivity index (χ4v) is 6.49. The third-order valence-corrected chi connectivity index (χ3v) is 8.23. The van der Waals surface area contributed by atoms with Crippen molar-refractivity contribution in [3.05, 3.63) is 87.1 Å². The van der Waals surface area contributed by atoms with Crippen LogP contribution in [0.2, 0.25) is 0 Å². The summed E-state index contributed by atoms with van der Waals surface area (Å²) in [4.78, 5) is 33.3. The Morgan fingerprint density at radius 2 is 1.91 bits per heavy atom. The van der Waals surface area contributed by atoms with Gasteiger partial charge in [-0.3, -0.25) is 9.36 Å². The quantitative estimate of drug-likeness (QED) is 0.358. The first-order valence-corrected chi connectivity index (χ1v) is 13.8. The molecule has 0 amide bonds. The molecular weight excluding hydrogens is 532 g/mol. The van der Waals surface area contributed by atoms with Crippen molar-refractivity contribution >= 4 is 50.6 Å². The van der Waals surface area contributed by atoms with Crippen LogP contribution in [0.5, 0.6) is 0 Å². The first-order chi connectivity index (χ1) is 16.3. The molecule has 5 nitrogen and oxygen atoms in total. The van der Waals surface area contributed by atoms with Crippen molar-refractivity contribution in [3.8, 4) is 0 Å². The van der Waals surface area contributed by atoms with Crippen LogP contribution >= 0.6 is 38.6 Å². The minimum Gasteiger partial charge on any atom is -0.463 e. The predicted octanol–water partition coefficient (Wildman–Crippen LogP) is 5.53. The molecule has 0 saturated carbocycles. The van der Waals surface area contributed by atoms with Gasteiger partial charge in [-0.05, 0) is 64.5 Å². The Morgan fingerprint density at radius 3 is 2.50 bits per heavy atom. The van der Waals surface area contributed by atoms with E-state index in [9.17, 15) is 9.59 Å². The fraction of sp³-hybridized carbons (Fsp3) is 0.346. The highest BCUT2D eigenvalue weighted by atomic mass is 79.9. The SMILES string of the molecule is CCCC1=C(C(=O)OCC)[C@H](c2ccc(C(C)C)cc2)n2c(s/c(=C/c3ccc(Br)s3)c2=O)=N1. The first-order valence-electron chi connectivity index (χ1n) is 11.4. The van der Waals surface area contributed by atoms with Crippen LogP contribution in [0, 0.1) is 0 Å². The third-order valence-electron chi connectivity index (χ3n) is 5.68. The third kappa shape index (κ3) is 4.90. The van der Waals surface area contributed by atoms with E-state index >= 15 is 0 Å². The molecule has 4 rings (SSSR count). The lowest BCUT2D eigenvalue weighted by Crippen LogP contribution is -2.40. The summed E-state index contributed by atoms with van der Waals surface area (Å²) >= 11 is 6.41. The molecule has 1 atom stereocenters. The summed E-state index contributed by atoms with van der Waals surface area (Å²) in [7, 11) is 0. The van der Waals surface area contributed by atoms with Gasteiger partial charge >= 0.3 is 5.97 Å². The monoisotopic (exact) mass is 558 g/mol. The summed E-state index contributed by atoms with van der Waals surface area (Å²) in [6.07, 6.45) is 3.36. The largest absolute Gasteiger partial charge is 0.463 e. The Labute approximate surface area is 215 Å². The van der Waals surface area contributed by atoms with Gasteiger partial charge < -0.3 is 4.74 Å². The number of nitrogens with zero attached hydrogens (tertiary/aromatic N) is 2. The first kappa shape index (κ1) is 24.8. The molecule has 2 aromatic heterocycles. The lowest BCUT2D eigenvalue weighted by atomic mass is 9.92. The number of hydrogen-bond donors (Lipinski definition) is 0. The van der Waals surface area contributed by atoms with Crippen molar-refractivity contribution in [1.82, 2.24) is 4.57 Å². The van der Waals surface area contributed by atoms with Gasteiger partial charge in [-0.1, -0.05) is 62.8 Å². The number of carbonyl (C=O) groups excluding carboxylic acids is 1. The number of thiazole rings is 1. The normalized spacial score (nSPS) is 16.1. The van der Waals surface area contributed by atoms with Crippen molar-refractivity contribution in [2.75, 3.05) is 6.61 Å². The van der Waals surface area contributed by atoms with Crippen LogP contribution in [-0.2, 0) is 9.53 Å². The minimum absolute atomic E-state index is 0.149. The van der Waals surface area contributed by atoms with Gasteiger partial charge in [0.15, 0.2) is 4.80 Å². The van der Waals surface area contributed by atoms with E-state index in [0.29, 0.717) is 32.9 Å². The molecule has 0 radical (unpaired) electrons. The second kappa shape index (κ2) is 10.5. The molecule has 0 fully saturated rings. The van der Waals surface area contributed by atoms with Gasteiger partial charge in [0.2, 0.25) is 0 Å². The van der Waals surface area contributed by atoms with Crippen LogP contribution in [0.1, 0.15) is 68.5 Å². The molecular formula is C26H27BrN2O3S2. The summed E-state index contributed by atoms with van der Waals surface area (Å²) in [5.74, 6) is -0.0269. The molecule has 1 aliphatic heterocycles. The standard InChI is InChI=1S/C26H27BrN2O3S2/c1-5-7-19-22(25(31)32-6-2)23(17-10-8-16(9-11-17)15(3)4)29-24(30)20(34-26(29)28-19)14-18-12-13-21(27)33-18/h8-15,23H,5-7H2,1-4H3/b20-14+/t23-/m0/s1. The number of benzene rings is 1. The fourth-order valence-electron chi connectivity index (χ4n) is 4.03. The molecule has 0 spiro atoms. The zero-order valence-electron chi connectivity index (χ0n) is 19.6. The molecule has 3 heterocycles. The number of aromatic nitrogens is 1. The van der Waals surface area contributed by atoms with Gasteiger partial charge in [0, 0.05) is 4.88 Å². The molecule has 3 aromatic rings. The molecule has 0 aliphatic carbocycles. The van der Waals surface area contributed by atoms with Crippen LogP contribution < -0.4 is 14.9 Å². The van der Waals surface area contributed by atoms with Crippen LogP contribution in [0.15, 0.2) is 61.2 Å². The lowest BCUT2D eigenvalue weighted by molar-refractivity contribution is -0.139. The molecule has 1 aliphatic rings. The van der Waals surface area contributed by atoms with E-state index in [1.54, 1.807) is 22.8 Å². The Kier molecular flexibility index (Phi) is 7.70. The molecule has 0 saturated heterocycles. The summed E-state index contributed by atoms with van der Waals surface area (Å²) in [5.41, 5.74) is 3.09. The van der Waals surface area contributed by atoms with E-state index in [2.05, 4.69) is 48.8 Å². The van der Waals surface area contributed by atoms with E-state index in [4.69, 9.17) is 9.73 Å². The van der Waals surface area contributed by atoms with Crippen LogP contribution in [0.3, 0.4) is 0 Å². The predicted molar refractivity (Wildman–Crippen MR) is 142 cm³/mol. The summed E-state index contributed by atoms with van der Waals surface area (Å²) in [5, 5.41) is 0. The summed E-state index contributed by atoms with van der Waals surface area (Å²) in [6.45, 7) is 8.40. The van der Waals surface area contributed by atoms with Crippen molar-refractivity contribution < 1.29 is 9.53 Å². The topological polar surface area (TPSA) is 60.7 Å². The van der Waals surface area contributed by atoms with Crippen LogP contribution in [0.25, 0.3) is 6.08 Å². The van der Waals surface area contributed by atoms with Crippen molar-refractivity contribution in [1.29, 1.82) is 0 Å². The van der Waals surface area contributed by atoms with Gasteiger partial charge in [0.1, 0.15) is 0 Å². The average molecular weight is 560 g/mol. The number of carbonyl (C=O) groups is 1. The van der Waals surface area contributed by atoms with E-state index in [0.717, 1.165) is 20.6 Å². The van der Waals surface area contributed by atoms with Gasteiger partial charge in [0.25, 0.3) is 5.56 Å². The maximum absolute atomic E-state index is 13.7. The smallest absolute Gasteiger partial charge is 0.338 e. The Balaban J connectivity index is 1.97. The molecule has 8 heteroatoms. The highest BCUT2D eigenvalue weighted by molar-refractivity contribution is 9.11. The van der Waals surface area contributed by atoms with Gasteiger partial charge in [0.05, 0.1) is 32.2 Å². The minimum atomic E-state index is -0.574. The second-order valence-corrected chi connectivity index (χ2v) is 11.9. The van der Waals surface area contributed by atoms with Gasteiger partial charge in [-0.25, -0.2) is 9.79 Å². The zero-order chi connectivity index (χ0) is 24.4. The number of fused-ring (bicyclic) bond motifs is 1. The highest BCUT2D eigenvalue weighted by Crippen LogP contribution is 2.33. The Bertz CT molecular complexity index is 1410. The summed E-state index contributed by atoms with van der Waals surface area (Å²) < 4.78 is 8.71. The Morgan fingerprint density at radius 1 is 1.18 bits per heavy atom. The molecule has 0 unspecified atom stereocenters. The Hall–Kier alpha value is -2.29. The number of halogens is 1. The zero-order valence-corrected chi connectivity index (χ0v) is 22.9. The number of esters is 1. The second-order valence-electron chi connectivity index (χ2n) is 8.38. The molecule has 0 N–H and O–H groups in total. The van der Waals surface area contributed by atoms with E-state index in [1.807, 2.05) is 30.3 Å². The number of hydrogen-bond acceptors (Lipinski definition) is 6. The number of allylic oxidation sites excluding steroid dienone is 1. The lowest BCUT2D eigenvalue weighted by Gasteiger charge is -2.26. The van der Waals surface area contributed by atoms with E-state index in [-0.39, 0.29) is 12.2 Å².